The lowest BCUT2D eigenvalue weighted by molar-refractivity contribution is -0.227. The molecule has 0 radical (unpaired) electrons. The van der Waals surface area contributed by atoms with Gasteiger partial charge in [-0.25, -0.2) is 0 Å². The van der Waals surface area contributed by atoms with Crippen molar-refractivity contribution in [2.24, 2.45) is 5.41 Å². The summed E-state index contributed by atoms with van der Waals surface area (Å²) >= 11 is 0. The summed E-state index contributed by atoms with van der Waals surface area (Å²) in [6.07, 6.45) is -6.40. The molecule has 0 spiro atoms. The number of carboxylic acids is 1. The monoisotopic (exact) mass is 269 g/mol. The zero-order chi connectivity index (χ0) is 14.1. The molecule has 0 aliphatic carbocycles. The third-order valence-electron chi connectivity index (χ3n) is 3.23. The molecule has 0 aromatic heterocycles. The Morgan fingerprint density at radius 2 is 2.00 bits per heavy atom. The lowest BCUT2D eigenvalue weighted by atomic mass is 9.86. The van der Waals surface area contributed by atoms with E-state index in [1.165, 1.54) is 14.0 Å². The Bertz CT molecular complexity index is 358. The normalized spacial score (nSPS) is 26.2. The van der Waals surface area contributed by atoms with Gasteiger partial charge in [-0.2, -0.15) is 13.2 Å². The predicted molar refractivity (Wildman–Crippen MR) is 53.8 cm³/mol. The van der Waals surface area contributed by atoms with E-state index in [1.807, 2.05) is 0 Å². The summed E-state index contributed by atoms with van der Waals surface area (Å²) in [5, 5.41) is 8.81. The fraction of sp³-hybridized carbons (Fsp3) is 0.800. The Labute approximate surface area is 102 Å². The third kappa shape index (κ3) is 2.29. The number of methoxy groups -OCH3 is 1. The van der Waals surface area contributed by atoms with E-state index < -0.39 is 42.5 Å². The van der Waals surface area contributed by atoms with Crippen molar-refractivity contribution in [2.45, 2.75) is 25.6 Å². The second kappa shape index (κ2) is 4.75. The van der Waals surface area contributed by atoms with Crippen molar-refractivity contribution in [3.63, 3.8) is 0 Å². The van der Waals surface area contributed by atoms with Gasteiger partial charge in [-0.1, -0.05) is 0 Å². The summed E-state index contributed by atoms with van der Waals surface area (Å²) in [6.45, 7) is 0.299. The second-order valence-corrected chi connectivity index (χ2v) is 4.27. The van der Waals surface area contributed by atoms with E-state index in [2.05, 4.69) is 0 Å². The van der Waals surface area contributed by atoms with Crippen molar-refractivity contribution in [3.8, 4) is 0 Å². The number of carbonyl (C=O) groups is 2. The standard InChI is InChI=1S/C10H14F3NO4/c1-6(18-2)7(15)14-4-3-9(5-14,8(16)17)10(11,12)13/h6H,3-5H2,1-2H3,(H,16,17). The molecule has 1 aliphatic heterocycles. The summed E-state index contributed by atoms with van der Waals surface area (Å²) in [7, 11) is 1.26. The minimum Gasteiger partial charge on any atom is -0.481 e. The largest absolute Gasteiger partial charge is 0.481 e. The van der Waals surface area contributed by atoms with E-state index in [0.29, 0.717) is 0 Å². The number of rotatable bonds is 3. The highest BCUT2D eigenvalue weighted by Crippen LogP contribution is 2.45. The first-order valence-electron chi connectivity index (χ1n) is 5.27. The number of alkyl halides is 3. The molecular formula is C10H14F3NO4. The molecule has 1 rings (SSSR count). The van der Waals surface area contributed by atoms with E-state index in [1.54, 1.807) is 0 Å². The Balaban J connectivity index is 2.92. The topological polar surface area (TPSA) is 66.8 Å². The van der Waals surface area contributed by atoms with Crippen molar-refractivity contribution in [1.29, 1.82) is 0 Å². The van der Waals surface area contributed by atoms with Crippen molar-refractivity contribution < 1.29 is 32.6 Å². The van der Waals surface area contributed by atoms with Crippen LogP contribution < -0.4 is 0 Å². The van der Waals surface area contributed by atoms with Crippen molar-refractivity contribution >= 4 is 11.9 Å². The Hall–Kier alpha value is -1.31. The second-order valence-electron chi connectivity index (χ2n) is 4.27. The fourth-order valence-electron chi connectivity index (χ4n) is 1.88. The molecule has 1 saturated heterocycles. The first-order chi connectivity index (χ1) is 8.15. The van der Waals surface area contributed by atoms with Crippen LogP contribution in [0.5, 0.6) is 0 Å². The number of halogens is 3. The molecule has 0 bridgehead atoms. The van der Waals surface area contributed by atoms with Crippen LogP contribution in [-0.2, 0) is 14.3 Å². The summed E-state index contributed by atoms with van der Waals surface area (Å²) < 4.78 is 43.2. The Morgan fingerprint density at radius 1 is 1.44 bits per heavy atom. The number of hydrogen-bond donors (Lipinski definition) is 1. The van der Waals surface area contributed by atoms with Gasteiger partial charge in [0.15, 0.2) is 5.41 Å². The molecule has 0 saturated carbocycles. The molecule has 18 heavy (non-hydrogen) atoms. The maximum Gasteiger partial charge on any atom is 0.406 e. The first-order valence-corrected chi connectivity index (χ1v) is 5.27. The van der Waals surface area contributed by atoms with Gasteiger partial charge in [0.1, 0.15) is 6.10 Å². The van der Waals surface area contributed by atoms with Gasteiger partial charge in [0.25, 0.3) is 5.91 Å². The first kappa shape index (κ1) is 14.7. The van der Waals surface area contributed by atoms with E-state index in [9.17, 15) is 22.8 Å². The maximum atomic E-state index is 12.8. The van der Waals surface area contributed by atoms with E-state index >= 15 is 0 Å². The van der Waals surface area contributed by atoms with Gasteiger partial charge < -0.3 is 14.7 Å². The molecule has 104 valence electrons. The van der Waals surface area contributed by atoms with Gasteiger partial charge in [-0.05, 0) is 13.3 Å². The van der Waals surface area contributed by atoms with Crippen molar-refractivity contribution in [1.82, 2.24) is 4.90 Å². The average molecular weight is 269 g/mol. The molecule has 1 aliphatic rings. The van der Waals surface area contributed by atoms with E-state index in [0.717, 1.165) is 4.90 Å². The summed E-state index contributed by atoms with van der Waals surface area (Å²) in [5.41, 5.74) is -2.86. The van der Waals surface area contributed by atoms with Crippen molar-refractivity contribution in [3.05, 3.63) is 0 Å². The molecule has 2 unspecified atom stereocenters. The zero-order valence-corrected chi connectivity index (χ0v) is 9.95. The number of amides is 1. The Kier molecular flexibility index (Phi) is 3.89. The SMILES string of the molecule is COC(C)C(=O)N1CCC(C(=O)O)(C(F)(F)F)C1. The van der Waals surface area contributed by atoms with Crippen LogP contribution >= 0.6 is 0 Å². The van der Waals surface area contributed by atoms with Gasteiger partial charge in [-0.15, -0.1) is 0 Å². The minimum absolute atomic E-state index is 0.238. The van der Waals surface area contributed by atoms with Crippen LogP contribution in [0.2, 0.25) is 0 Å². The molecule has 0 aromatic rings. The quantitative estimate of drug-likeness (QED) is 0.826. The molecule has 5 nitrogen and oxygen atoms in total. The number of hydrogen-bond acceptors (Lipinski definition) is 3. The minimum atomic E-state index is -4.88. The number of likely N-dealkylation sites (tertiary alicyclic amines) is 1. The summed E-state index contributed by atoms with van der Waals surface area (Å²) in [4.78, 5) is 23.4. The predicted octanol–water partition coefficient (Wildman–Crippen LogP) is 0.887. The highest BCUT2D eigenvalue weighted by molar-refractivity contribution is 5.83. The molecule has 1 amide bonds. The highest BCUT2D eigenvalue weighted by atomic mass is 19.4. The van der Waals surface area contributed by atoms with E-state index in [4.69, 9.17) is 9.84 Å². The van der Waals surface area contributed by atoms with Gasteiger partial charge >= 0.3 is 12.1 Å². The molecule has 8 heteroatoms. The number of aliphatic carboxylic acids is 1. The number of carbonyl (C=O) groups excluding carboxylic acids is 1. The van der Waals surface area contributed by atoms with Crippen LogP contribution in [0.25, 0.3) is 0 Å². The number of ether oxygens (including phenoxy) is 1. The number of nitrogens with zero attached hydrogens (tertiary/aromatic N) is 1. The maximum absolute atomic E-state index is 12.8. The third-order valence-corrected chi connectivity index (χ3v) is 3.23. The fourth-order valence-corrected chi connectivity index (χ4v) is 1.88. The van der Waals surface area contributed by atoms with Gasteiger partial charge in [0.05, 0.1) is 0 Å². The molecule has 0 aromatic carbocycles. The van der Waals surface area contributed by atoms with Gasteiger partial charge in [-0.3, -0.25) is 9.59 Å². The molecule has 1 heterocycles. The molecule has 2 atom stereocenters. The van der Waals surface area contributed by atoms with Crippen LogP contribution in [0.4, 0.5) is 13.2 Å². The van der Waals surface area contributed by atoms with Crippen LogP contribution in [0.3, 0.4) is 0 Å². The summed E-state index contributed by atoms with van der Waals surface area (Å²) in [6, 6.07) is 0. The van der Waals surface area contributed by atoms with Gasteiger partial charge in [0.2, 0.25) is 0 Å². The zero-order valence-electron chi connectivity index (χ0n) is 9.95. The van der Waals surface area contributed by atoms with Crippen LogP contribution in [0.15, 0.2) is 0 Å². The van der Waals surface area contributed by atoms with Crippen LogP contribution in [0, 0.1) is 5.41 Å². The Morgan fingerprint density at radius 3 is 2.33 bits per heavy atom. The smallest absolute Gasteiger partial charge is 0.406 e. The molecular weight excluding hydrogens is 255 g/mol. The average Bonchev–Trinajstić information content (AvgIpc) is 2.72. The van der Waals surface area contributed by atoms with Crippen LogP contribution in [0.1, 0.15) is 13.3 Å². The lowest BCUT2D eigenvalue weighted by Gasteiger charge is -2.27. The summed E-state index contributed by atoms with van der Waals surface area (Å²) in [5.74, 6) is -2.58. The molecule has 1 N–H and O–H groups in total. The van der Waals surface area contributed by atoms with E-state index in [-0.39, 0.29) is 6.54 Å². The lowest BCUT2D eigenvalue weighted by Crippen LogP contribution is -2.48. The molecule has 1 fully saturated rings. The van der Waals surface area contributed by atoms with Crippen molar-refractivity contribution in [2.75, 3.05) is 20.2 Å². The van der Waals surface area contributed by atoms with Crippen LogP contribution in [-0.4, -0.2) is 54.4 Å². The number of carboxylic acid groups (broad SMARTS) is 1. The highest BCUT2D eigenvalue weighted by Gasteiger charge is 2.64. The van der Waals surface area contributed by atoms with Gasteiger partial charge in [0, 0.05) is 20.2 Å².